The molecule has 0 saturated carbocycles. The van der Waals surface area contributed by atoms with Crippen LogP contribution in [-0.4, -0.2) is 33.9 Å². The van der Waals surface area contributed by atoms with Crippen molar-refractivity contribution in [2.75, 3.05) is 18.5 Å². The van der Waals surface area contributed by atoms with E-state index in [1.165, 1.54) is 6.33 Å². The molecule has 116 valence electrons. The van der Waals surface area contributed by atoms with Gasteiger partial charge in [0.05, 0.1) is 25.7 Å². The van der Waals surface area contributed by atoms with Gasteiger partial charge in [0, 0.05) is 0 Å². The fraction of sp³-hybridized carbons (Fsp3) is 0.400. The molecule has 1 aliphatic rings. The van der Waals surface area contributed by atoms with Crippen LogP contribution in [0, 0.1) is 0 Å². The molecule has 0 spiro atoms. The predicted octanol–water partition coefficient (Wildman–Crippen LogP) is 2.01. The molecule has 0 saturated heterocycles. The van der Waals surface area contributed by atoms with E-state index >= 15 is 0 Å². The molecule has 0 radical (unpaired) electrons. The van der Waals surface area contributed by atoms with Crippen LogP contribution < -0.4 is 14.8 Å². The molecule has 7 heteroatoms. The van der Waals surface area contributed by atoms with Crippen LogP contribution >= 0.6 is 0 Å². The Bertz CT molecular complexity index is 683. The molecule has 7 nitrogen and oxygen atoms in total. The first kappa shape index (κ1) is 14.4. The average molecular weight is 302 g/mol. The minimum absolute atomic E-state index is 0.0719. The summed E-state index contributed by atoms with van der Waals surface area (Å²) in [6.45, 7) is 4.96. The Hall–Kier alpha value is -2.57. The molecule has 1 aliphatic heterocycles. The summed E-state index contributed by atoms with van der Waals surface area (Å²) in [5.74, 6) is 1.77. The molecule has 2 aromatic rings. The average Bonchev–Trinajstić information content (AvgIpc) is 2.97. The lowest BCUT2D eigenvalue weighted by Crippen LogP contribution is -2.29. The van der Waals surface area contributed by atoms with Crippen molar-refractivity contribution in [1.29, 1.82) is 0 Å². The standard InChI is InChI=1S/C15H18N4O3/c1-3-21-12-6-5-10(7-13(12)22-4-2)11-8-14(20)18-15-16-9-17-19(11)15/h5-7,9,11H,3-4,8H2,1-2H3,(H,16,17,18,20)/t11-/m1/s1. The summed E-state index contributed by atoms with van der Waals surface area (Å²) >= 11 is 0. The lowest BCUT2D eigenvalue weighted by molar-refractivity contribution is -0.117. The number of rotatable bonds is 5. The second kappa shape index (κ2) is 6.05. The topological polar surface area (TPSA) is 78.3 Å². The number of carbonyl (C=O) groups excluding carboxylic acids is 1. The molecule has 1 aromatic carbocycles. The highest BCUT2D eigenvalue weighted by atomic mass is 16.5. The molecule has 1 N–H and O–H groups in total. The molecule has 1 amide bonds. The highest BCUT2D eigenvalue weighted by molar-refractivity contribution is 5.91. The fourth-order valence-electron chi connectivity index (χ4n) is 2.54. The quantitative estimate of drug-likeness (QED) is 0.914. The first-order chi connectivity index (χ1) is 10.7. The number of amides is 1. The maximum Gasteiger partial charge on any atom is 0.229 e. The van der Waals surface area contributed by atoms with Gasteiger partial charge in [-0.05, 0) is 31.5 Å². The Labute approximate surface area is 128 Å². The smallest absolute Gasteiger partial charge is 0.229 e. The van der Waals surface area contributed by atoms with Crippen LogP contribution in [0.2, 0.25) is 0 Å². The summed E-state index contributed by atoms with van der Waals surface area (Å²) in [6.07, 6.45) is 1.75. The molecule has 0 bridgehead atoms. The second-order valence-electron chi connectivity index (χ2n) is 4.87. The number of anilines is 1. The Morgan fingerprint density at radius 3 is 2.82 bits per heavy atom. The lowest BCUT2D eigenvalue weighted by Gasteiger charge is -2.24. The van der Waals surface area contributed by atoms with Gasteiger partial charge in [-0.25, -0.2) is 4.68 Å². The molecule has 0 fully saturated rings. The Morgan fingerprint density at radius 1 is 1.27 bits per heavy atom. The monoisotopic (exact) mass is 302 g/mol. The summed E-state index contributed by atoms with van der Waals surface area (Å²) in [5.41, 5.74) is 0.938. The number of nitrogens with zero attached hydrogens (tertiary/aromatic N) is 3. The predicted molar refractivity (Wildman–Crippen MR) is 80.2 cm³/mol. The van der Waals surface area contributed by atoms with Crippen LogP contribution in [0.1, 0.15) is 31.9 Å². The Balaban J connectivity index is 1.98. The van der Waals surface area contributed by atoms with Crippen molar-refractivity contribution >= 4 is 11.9 Å². The van der Waals surface area contributed by atoms with Gasteiger partial charge in [0.1, 0.15) is 6.33 Å². The first-order valence-electron chi connectivity index (χ1n) is 7.31. The van der Waals surface area contributed by atoms with Crippen LogP contribution in [0.4, 0.5) is 5.95 Å². The summed E-state index contributed by atoms with van der Waals surface area (Å²) in [4.78, 5) is 15.9. The van der Waals surface area contributed by atoms with E-state index in [0.29, 0.717) is 37.1 Å². The zero-order valence-corrected chi connectivity index (χ0v) is 12.6. The van der Waals surface area contributed by atoms with Crippen LogP contribution in [0.3, 0.4) is 0 Å². The van der Waals surface area contributed by atoms with Crippen LogP contribution in [0.25, 0.3) is 0 Å². The molecule has 0 aliphatic carbocycles. The van der Waals surface area contributed by atoms with E-state index in [4.69, 9.17) is 9.47 Å². The minimum atomic E-state index is -0.193. The van der Waals surface area contributed by atoms with Gasteiger partial charge < -0.3 is 9.47 Å². The number of nitrogens with one attached hydrogen (secondary N) is 1. The van der Waals surface area contributed by atoms with E-state index in [0.717, 1.165) is 5.56 Å². The molecule has 2 heterocycles. The zero-order chi connectivity index (χ0) is 15.5. The number of hydrogen-bond acceptors (Lipinski definition) is 5. The maximum absolute atomic E-state index is 11.8. The molecule has 1 aromatic heterocycles. The molecular formula is C15H18N4O3. The molecule has 1 atom stereocenters. The van der Waals surface area contributed by atoms with Crippen molar-refractivity contribution in [3.8, 4) is 11.5 Å². The van der Waals surface area contributed by atoms with Crippen molar-refractivity contribution < 1.29 is 14.3 Å². The Kier molecular flexibility index (Phi) is 3.95. The van der Waals surface area contributed by atoms with Crippen molar-refractivity contribution in [3.05, 3.63) is 30.1 Å². The fourth-order valence-corrected chi connectivity index (χ4v) is 2.54. The van der Waals surface area contributed by atoms with E-state index in [2.05, 4.69) is 15.4 Å². The van der Waals surface area contributed by atoms with Crippen molar-refractivity contribution in [2.45, 2.75) is 26.3 Å². The minimum Gasteiger partial charge on any atom is -0.490 e. The van der Waals surface area contributed by atoms with Crippen LogP contribution in [0.15, 0.2) is 24.5 Å². The van der Waals surface area contributed by atoms with Crippen LogP contribution in [0.5, 0.6) is 11.5 Å². The highest BCUT2D eigenvalue weighted by Crippen LogP contribution is 2.35. The third-order valence-electron chi connectivity index (χ3n) is 3.45. The van der Waals surface area contributed by atoms with E-state index in [9.17, 15) is 4.79 Å². The van der Waals surface area contributed by atoms with Crippen molar-refractivity contribution in [2.24, 2.45) is 0 Å². The van der Waals surface area contributed by atoms with Gasteiger partial charge in [-0.3, -0.25) is 10.1 Å². The van der Waals surface area contributed by atoms with E-state index < -0.39 is 0 Å². The van der Waals surface area contributed by atoms with Gasteiger partial charge >= 0.3 is 0 Å². The largest absolute Gasteiger partial charge is 0.490 e. The number of ether oxygens (including phenoxy) is 2. The van der Waals surface area contributed by atoms with Crippen LogP contribution in [-0.2, 0) is 4.79 Å². The van der Waals surface area contributed by atoms with Crippen molar-refractivity contribution in [1.82, 2.24) is 14.8 Å². The summed E-state index contributed by atoms with van der Waals surface area (Å²) in [5, 5.41) is 6.91. The molecule has 3 rings (SSSR count). The summed E-state index contributed by atoms with van der Waals surface area (Å²) in [6, 6.07) is 5.51. The second-order valence-corrected chi connectivity index (χ2v) is 4.87. The summed E-state index contributed by atoms with van der Waals surface area (Å²) < 4.78 is 12.9. The number of aromatic nitrogens is 3. The lowest BCUT2D eigenvalue weighted by atomic mass is 10.0. The van der Waals surface area contributed by atoms with E-state index in [-0.39, 0.29) is 11.9 Å². The van der Waals surface area contributed by atoms with Gasteiger partial charge in [-0.2, -0.15) is 10.1 Å². The Morgan fingerprint density at radius 2 is 2.05 bits per heavy atom. The van der Waals surface area contributed by atoms with E-state index in [1.807, 2.05) is 32.0 Å². The third kappa shape index (κ3) is 2.61. The first-order valence-corrected chi connectivity index (χ1v) is 7.31. The molecule has 0 unspecified atom stereocenters. The number of benzene rings is 1. The van der Waals surface area contributed by atoms with Gasteiger partial charge in [0.15, 0.2) is 11.5 Å². The third-order valence-corrected chi connectivity index (χ3v) is 3.45. The maximum atomic E-state index is 11.8. The summed E-state index contributed by atoms with van der Waals surface area (Å²) in [7, 11) is 0. The van der Waals surface area contributed by atoms with Gasteiger partial charge in [-0.15, -0.1) is 0 Å². The number of hydrogen-bond donors (Lipinski definition) is 1. The van der Waals surface area contributed by atoms with Gasteiger partial charge in [0.25, 0.3) is 0 Å². The number of fused-ring (bicyclic) bond motifs is 1. The SMILES string of the molecule is CCOc1ccc([C@H]2CC(=O)Nc3ncnn32)cc1OCC. The van der Waals surface area contributed by atoms with Gasteiger partial charge in [-0.1, -0.05) is 6.07 Å². The normalized spacial score (nSPS) is 16.8. The molecular weight excluding hydrogens is 284 g/mol. The van der Waals surface area contributed by atoms with E-state index in [1.54, 1.807) is 4.68 Å². The van der Waals surface area contributed by atoms with Crippen molar-refractivity contribution in [3.63, 3.8) is 0 Å². The van der Waals surface area contributed by atoms with Gasteiger partial charge in [0.2, 0.25) is 11.9 Å². The molecule has 22 heavy (non-hydrogen) atoms. The number of carbonyl (C=O) groups is 1. The highest BCUT2D eigenvalue weighted by Gasteiger charge is 2.28. The zero-order valence-electron chi connectivity index (χ0n) is 12.6.